The van der Waals surface area contributed by atoms with E-state index in [9.17, 15) is 0 Å². The van der Waals surface area contributed by atoms with Crippen LogP contribution in [0, 0.1) is 0 Å². The minimum Gasteiger partial charge on any atom is -0.135 e. The van der Waals surface area contributed by atoms with E-state index in [-0.39, 0.29) is 5.41 Å². The lowest BCUT2D eigenvalue weighted by molar-refractivity contribution is 0.661. The maximum absolute atomic E-state index is 2.50. The van der Waals surface area contributed by atoms with E-state index in [0.29, 0.717) is 0 Å². The minimum atomic E-state index is -0.179. The first-order chi connectivity index (χ1) is 31.0. The van der Waals surface area contributed by atoms with Crippen molar-refractivity contribution in [2.24, 2.45) is 0 Å². The van der Waals surface area contributed by atoms with E-state index in [4.69, 9.17) is 0 Å². The molecule has 0 saturated heterocycles. The Morgan fingerprint density at radius 1 is 0.302 bits per heavy atom. The van der Waals surface area contributed by atoms with Gasteiger partial charge in [-0.1, -0.05) is 166 Å². The Bertz CT molecular complexity index is 4060. The summed E-state index contributed by atoms with van der Waals surface area (Å²) in [5.41, 5.74) is 13.0. The van der Waals surface area contributed by atoms with Crippen LogP contribution >= 0.6 is 22.7 Å². The molecule has 0 fully saturated rings. The summed E-state index contributed by atoms with van der Waals surface area (Å²) in [6.07, 6.45) is 0. The van der Waals surface area contributed by atoms with Crippen molar-refractivity contribution in [2.75, 3.05) is 0 Å². The molecule has 0 spiro atoms. The lowest BCUT2D eigenvalue weighted by Crippen LogP contribution is -2.15. The predicted molar refractivity (Wildman–Crippen MR) is 276 cm³/mol. The van der Waals surface area contributed by atoms with Crippen molar-refractivity contribution in [1.82, 2.24) is 0 Å². The van der Waals surface area contributed by atoms with Crippen LogP contribution in [0.15, 0.2) is 194 Å². The van der Waals surface area contributed by atoms with E-state index in [1.807, 2.05) is 22.7 Å². The fourth-order valence-corrected chi connectivity index (χ4v) is 13.5. The molecule has 2 aromatic heterocycles. The molecule has 63 heavy (non-hydrogen) atoms. The van der Waals surface area contributed by atoms with Gasteiger partial charge in [0, 0.05) is 51.1 Å². The highest BCUT2D eigenvalue weighted by atomic mass is 32.1. The molecule has 11 aromatic carbocycles. The topological polar surface area (TPSA) is 0 Å². The van der Waals surface area contributed by atoms with E-state index in [1.54, 1.807) is 0 Å². The summed E-state index contributed by atoms with van der Waals surface area (Å²) >= 11 is 3.83. The van der Waals surface area contributed by atoms with Crippen molar-refractivity contribution in [1.29, 1.82) is 0 Å². The fourth-order valence-electron chi connectivity index (χ4n) is 11.2. The van der Waals surface area contributed by atoms with E-state index < -0.39 is 0 Å². The molecule has 14 rings (SSSR count). The smallest absolute Gasteiger partial charge is 0.0434 e. The zero-order valence-corrected chi connectivity index (χ0v) is 36.4. The summed E-state index contributed by atoms with van der Waals surface area (Å²) in [5.74, 6) is 0. The molecular formula is C61H38S2. The molecule has 0 N–H and O–H groups in total. The van der Waals surface area contributed by atoms with Gasteiger partial charge in [-0.05, 0) is 136 Å². The Balaban J connectivity index is 0.883. The van der Waals surface area contributed by atoms with Crippen LogP contribution < -0.4 is 0 Å². The molecule has 0 unspecified atom stereocenters. The number of hydrogen-bond acceptors (Lipinski definition) is 2. The van der Waals surface area contributed by atoms with E-state index in [2.05, 4.69) is 208 Å². The molecule has 0 radical (unpaired) electrons. The van der Waals surface area contributed by atoms with Crippen molar-refractivity contribution in [3.8, 4) is 44.5 Å². The number of fused-ring (bicyclic) bond motifs is 14. The third-order valence-corrected chi connectivity index (χ3v) is 16.6. The first-order valence-corrected chi connectivity index (χ1v) is 23.5. The lowest BCUT2D eigenvalue weighted by Gasteiger charge is -2.23. The molecular weight excluding hydrogens is 797 g/mol. The maximum atomic E-state index is 2.50. The van der Waals surface area contributed by atoms with Crippen LogP contribution in [0.5, 0.6) is 0 Å². The van der Waals surface area contributed by atoms with E-state index in [0.717, 1.165) is 0 Å². The summed E-state index contributed by atoms with van der Waals surface area (Å²) in [6, 6.07) is 73.5. The third-order valence-electron chi connectivity index (χ3n) is 14.2. The average molecular weight is 835 g/mol. The van der Waals surface area contributed by atoms with Crippen LogP contribution in [0.4, 0.5) is 0 Å². The molecule has 1 aliphatic rings. The Morgan fingerprint density at radius 2 is 0.873 bits per heavy atom. The van der Waals surface area contributed by atoms with Gasteiger partial charge in [-0.15, -0.1) is 22.7 Å². The second kappa shape index (κ2) is 13.0. The Kier molecular flexibility index (Phi) is 7.31. The number of rotatable bonds is 3. The van der Waals surface area contributed by atoms with E-state index in [1.165, 1.54) is 139 Å². The van der Waals surface area contributed by atoms with Gasteiger partial charge in [0.15, 0.2) is 0 Å². The van der Waals surface area contributed by atoms with Crippen molar-refractivity contribution in [3.63, 3.8) is 0 Å². The fraction of sp³-hybridized carbons (Fsp3) is 0.0492. The Hall–Kier alpha value is -7.10. The van der Waals surface area contributed by atoms with Gasteiger partial charge in [0.2, 0.25) is 0 Å². The van der Waals surface area contributed by atoms with Crippen LogP contribution in [-0.4, -0.2) is 0 Å². The largest absolute Gasteiger partial charge is 0.135 e. The van der Waals surface area contributed by atoms with Crippen molar-refractivity contribution >= 4 is 106 Å². The number of thiophene rings is 2. The van der Waals surface area contributed by atoms with Gasteiger partial charge in [-0.3, -0.25) is 0 Å². The molecule has 0 aliphatic heterocycles. The molecule has 13 aromatic rings. The highest BCUT2D eigenvalue weighted by Crippen LogP contribution is 2.53. The second-order valence-corrected chi connectivity index (χ2v) is 20.1. The van der Waals surface area contributed by atoms with Crippen molar-refractivity contribution in [2.45, 2.75) is 19.3 Å². The number of benzene rings is 11. The lowest BCUT2D eigenvalue weighted by atomic mass is 9.80. The molecule has 2 heterocycles. The quantitative estimate of drug-likeness (QED) is 0.156. The molecule has 0 bridgehead atoms. The number of hydrogen-bond donors (Lipinski definition) is 0. The van der Waals surface area contributed by atoms with Crippen LogP contribution in [-0.2, 0) is 5.41 Å². The van der Waals surface area contributed by atoms with Crippen LogP contribution in [0.2, 0.25) is 0 Å². The van der Waals surface area contributed by atoms with Gasteiger partial charge in [-0.25, -0.2) is 0 Å². The van der Waals surface area contributed by atoms with Crippen molar-refractivity contribution in [3.05, 3.63) is 205 Å². The maximum Gasteiger partial charge on any atom is 0.0434 e. The highest BCUT2D eigenvalue weighted by Gasteiger charge is 2.36. The van der Waals surface area contributed by atoms with Gasteiger partial charge in [0.05, 0.1) is 0 Å². The summed E-state index contributed by atoms with van der Waals surface area (Å²) in [7, 11) is 0. The predicted octanol–water partition coefficient (Wildman–Crippen LogP) is 18.3. The molecule has 2 heteroatoms. The molecule has 0 saturated carbocycles. The van der Waals surface area contributed by atoms with Crippen LogP contribution in [0.25, 0.3) is 128 Å². The SMILES string of the molecule is CC1(C)c2cc(-c3ccc4sc5c6cc7sc8ccccc8c7cc6ccc5c4c3)ccc2-c2ccc(-c3c4ccccc4c(-c4cccc5ccccc45)c4ccccc34)cc21. The van der Waals surface area contributed by atoms with Gasteiger partial charge >= 0.3 is 0 Å². The summed E-state index contributed by atoms with van der Waals surface area (Å²) < 4.78 is 5.43. The third kappa shape index (κ3) is 5.02. The second-order valence-electron chi connectivity index (χ2n) is 17.9. The van der Waals surface area contributed by atoms with E-state index >= 15 is 0 Å². The minimum absolute atomic E-state index is 0.179. The average Bonchev–Trinajstić information content (AvgIpc) is 3.96. The van der Waals surface area contributed by atoms with Crippen LogP contribution in [0.3, 0.4) is 0 Å². The van der Waals surface area contributed by atoms with Gasteiger partial charge in [0.25, 0.3) is 0 Å². The Morgan fingerprint density at radius 3 is 1.63 bits per heavy atom. The van der Waals surface area contributed by atoms with Gasteiger partial charge in [-0.2, -0.15) is 0 Å². The molecule has 0 amide bonds. The zero-order valence-electron chi connectivity index (χ0n) is 34.8. The molecule has 294 valence electrons. The monoisotopic (exact) mass is 834 g/mol. The highest BCUT2D eigenvalue weighted by molar-refractivity contribution is 7.27. The summed E-state index contributed by atoms with van der Waals surface area (Å²) in [4.78, 5) is 0. The molecule has 1 aliphatic carbocycles. The molecule has 0 nitrogen and oxygen atoms in total. The normalized spacial score (nSPS) is 13.4. The Labute approximate surface area is 372 Å². The standard InChI is InChI=1S/C61H38S2/c1-61(2)53-32-37(36-25-29-56-52(30-36)49-28-23-38-31-51-43-15-9-10-21-55(43)62-57(51)34-50(38)60(49)63-56)22-26-41(53)42-27-24-39(33-54(42)61)58-45-16-5-7-18-47(45)59(48-19-8-6-17-46(48)58)44-20-11-13-35-12-3-4-14-40(35)44/h3-34H,1-2H3. The van der Waals surface area contributed by atoms with Crippen LogP contribution in [0.1, 0.15) is 25.0 Å². The van der Waals surface area contributed by atoms with Gasteiger partial charge < -0.3 is 0 Å². The molecule has 0 atom stereocenters. The zero-order chi connectivity index (χ0) is 41.6. The summed E-state index contributed by atoms with van der Waals surface area (Å²) in [6.45, 7) is 4.83. The first kappa shape index (κ1) is 35.5. The first-order valence-electron chi connectivity index (χ1n) is 21.9. The van der Waals surface area contributed by atoms with Crippen molar-refractivity contribution < 1.29 is 0 Å². The summed E-state index contributed by atoms with van der Waals surface area (Å²) in [5, 5.41) is 15.7. The van der Waals surface area contributed by atoms with Gasteiger partial charge in [0.1, 0.15) is 0 Å².